The van der Waals surface area contributed by atoms with Crippen LogP contribution < -0.4 is 0 Å². The molecule has 0 aliphatic carbocycles. The first-order chi connectivity index (χ1) is 5.39. The Balaban J connectivity index is 3.84. The van der Waals surface area contributed by atoms with Gasteiger partial charge in [0.1, 0.15) is 0 Å². The molecule has 0 aromatic rings. The van der Waals surface area contributed by atoms with E-state index in [0.717, 1.165) is 19.3 Å². The fourth-order valence-corrected chi connectivity index (χ4v) is 3.64. The predicted molar refractivity (Wildman–Crippen MR) is 58.5 cm³/mol. The molecule has 2 atom stereocenters. The van der Waals surface area contributed by atoms with Gasteiger partial charge in [-0.15, -0.1) is 11.6 Å². The van der Waals surface area contributed by atoms with Crippen LogP contribution in [0.4, 0.5) is 0 Å². The second-order valence-electron chi connectivity index (χ2n) is 4.47. The summed E-state index contributed by atoms with van der Waals surface area (Å²) in [5.41, 5.74) is -0.259. The van der Waals surface area contributed by atoms with Crippen molar-refractivity contribution in [1.29, 1.82) is 0 Å². The summed E-state index contributed by atoms with van der Waals surface area (Å²) in [6.45, 7) is 8.60. The maximum absolute atomic E-state index is 9.81. The number of hydrogen-bond acceptors (Lipinski definition) is 1. The SMILES string of the molecule is CCCCC(Cl)C(O)[Si](C)(C)C. The molecule has 74 valence electrons. The Morgan fingerprint density at radius 3 is 2.17 bits per heavy atom. The van der Waals surface area contributed by atoms with Crippen LogP contribution in [0.2, 0.25) is 19.6 Å². The zero-order chi connectivity index (χ0) is 9.78. The lowest BCUT2D eigenvalue weighted by atomic mass is 10.2. The number of aliphatic hydroxyl groups is 1. The smallest absolute Gasteiger partial charge is 0.0800 e. The van der Waals surface area contributed by atoms with Gasteiger partial charge >= 0.3 is 0 Å². The molecule has 1 N–H and O–H groups in total. The first kappa shape index (κ1) is 12.5. The highest BCUT2D eigenvalue weighted by atomic mass is 35.5. The van der Waals surface area contributed by atoms with Crippen LogP contribution in [0.3, 0.4) is 0 Å². The van der Waals surface area contributed by atoms with Crippen molar-refractivity contribution in [2.24, 2.45) is 0 Å². The number of halogens is 1. The summed E-state index contributed by atoms with van der Waals surface area (Å²) in [7, 11) is -1.45. The Morgan fingerprint density at radius 2 is 1.83 bits per heavy atom. The van der Waals surface area contributed by atoms with E-state index in [1.807, 2.05) is 0 Å². The van der Waals surface area contributed by atoms with Crippen molar-refractivity contribution in [2.45, 2.75) is 56.9 Å². The van der Waals surface area contributed by atoms with Crippen molar-refractivity contribution in [1.82, 2.24) is 0 Å². The lowest BCUT2D eigenvalue weighted by Crippen LogP contribution is -2.44. The van der Waals surface area contributed by atoms with Crippen LogP contribution in [0, 0.1) is 0 Å². The average molecular weight is 209 g/mol. The van der Waals surface area contributed by atoms with Crippen LogP contribution >= 0.6 is 11.6 Å². The van der Waals surface area contributed by atoms with E-state index in [0.29, 0.717) is 0 Å². The molecule has 0 aliphatic rings. The van der Waals surface area contributed by atoms with Crippen molar-refractivity contribution in [3.8, 4) is 0 Å². The van der Waals surface area contributed by atoms with E-state index in [1.54, 1.807) is 0 Å². The van der Waals surface area contributed by atoms with E-state index in [-0.39, 0.29) is 11.1 Å². The van der Waals surface area contributed by atoms with Crippen LogP contribution in [0.5, 0.6) is 0 Å². The third kappa shape index (κ3) is 4.48. The van der Waals surface area contributed by atoms with Gasteiger partial charge in [0.05, 0.1) is 19.2 Å². The Morgan fingerprint density at radius 1 is 1.33 bits per heavy atom. The summed E-state index contributed by atoms with van der Waals surface area (Å²) in [6.07, 6.45) is 3.22. The highest BCUT2D eigenvalue weighted by molar-refractivity contribution is 6.78. The minimum absolute atomic E-state index is 0.0309. The molecular weight excluding hydrogens is 188 g/mol. The molecule has 0 fully saturated rings. The van der Waals surface area contributed by atoms with Crippen molar-refractivity contribution in [3.05, 3.63) is 0 Å². The van der Waals surface area contributed by atoms with Crippen molar-refractivity contribution in [3.63, 3.8) is 0 Å². The van der Waals surface area contributed by atoms with Gasteiger partial charge in [-0.2, -0.15) is 0 Å². The summed E-state index contributed by atoms with van der Waals surface area (Å²) < 4.78 is 0. The van der Waals surface area contributed by atoms with E-state index >= 15 is 0 Å². The van der Waals surface area contributed by atoms with Crippen LogP contribution in [0.25, 0.3) is 0 Å². The molecule has 0 saturated heterocycles. The van der Waals surface area contributed by atoms with E-state index in [1.165, 1.54) is 0 Å². The molecule has 0 saturated carbocycles. The molecule has 1 nitrogen and oxygen atoms in total. The lowest BCUT2D eigenvalue weighted by molar-refractivity contribution is 0.232. The van der Waals surface area contributed by atoms with E-state index < -0.39 is 8.07 Å². The fourth-order valence-electron chi connectivity index (χ4n) is 1.10. The van der Waals surface area contributed by atoms with Gasteiger partial charge in [0.2, 0.25) is 0 Å². The molecule has 3 heteroatoms. The van der Waals surface area contributed by atoms with Crippen LogP contribution in [0.15, 0.2) is 0 Å². The van der Waals surface area contributed by atoms with E-state index in [2.05, 4.69) is 26.6 Å². The molecule has 0 rings (SSSR count). The van der Waals surface area contributed by atoms with Gasteiger partial charge in [-0.05, 0) is 6.42 Å². The van der Waals surface area contributed by atoms with Gasteiger partial charge in [0, 0.05) is 0 Å². The summed E-state index contributed by atoms with van der Waals surface area (Å²) in [6, 6.07) is 0. The molecule has 0 radical (unpaired) electrons. The highest BCUT2D eigenvalue weighted by Gasteiger charge is 2.30. The monoisotopic (exact) mass is 208 g/mol. The van der Waals surface area contributed by atoms with Gasteiger partial charge in [0.15, 0.2) is 0 Å². The number of aliphatic hydroxyl groups excluding tert-OH is 1. The number of hydrogen-bond donors (Lipinski definition) is 1. The summed E-state index contributed by atoms with van der Waals surface area (Å²) in [5, 5.41) is 9.78. The molecule has 0 heterocycles. The molecule has 0 aromatic carbocycles. The van der Waals surface area contributed by atoms with Gasteiger partial charge < -0.3 is 5.11 Å². The van der Waals surface area contributed by atoms with Gasteiger partial charge in [-0.3, -0.25) is 0 Å². The maximum atomic E-state index is 9.81. The molecule has 2 unspecified atom stereocenters. The van der Waals surface area contributed by atoms with Gasteiger partial charge in [-0.1, -0.05) is 39.4 Å². The molecule has 0 aromatic heterocycles. The Bertz CT molecular complexity index is 122. The Labute approximate surface area is 82.1 Å². The first-order valence-electron chi connectivity index (χ1n) is 4.71. The standard InChI is InChI=1S/C9H21ClOSi/c1-5-6-7-8(10)9(11)12(2,3)4/h8-9,11H,5-7H2,1-4H3. The van der Waals surface area contributed by atoms with Crippen molar-refractivity contribution < 1.29 is 5.11 Å². The van der Waals surface area contributed by atoms with Crippen LogP contribution in [0.1, 0.15) is 26.2 Å². The minimum atomic E-state index is -1.45. The molecule has 0 bridgehead atoms. The number of alkyl halides is 1. The second kappa shape index (κ2) is 5.25. The van der Waals surface area contributed by atoms with Crippen molar-refractivity contribution in [2.75, 3.05) is 0 Å². The zero-order valence-corrected chi connectivity index (χ0v) is 10.4. The van der Waals surface area contributed by atoms with Crippen LogP contribution in [-0.4, -0.2) is 24.3 Å². The fraction of sp³-hybridized carbons (Fsp3) is 1.00. The molecule has 12 heavy (non-hydrogen) atoms. The van der Waals surface area contributed by atoms with Gasteiger partial charge in [0.25, 0.3) is 0 Å². The van der Waals surface area contributed by atoms with E-state index in [4.69, 9.17) is 11.6 Å². The number of rotatable bonds is 5. The van der Waals surface area contributed by atoms with Gasteiger partial charge in [-0.25, -0.2) is 0 Å². The third-order valence-corrected chi connectivity index (χ3v) is 4.91. The minimum Gasteiger partial charge on any atom is -0.395 e. The topological polar surface area (TPSA) is 20.2 Å². The maximum Gasteiger partial charge on any atom is 0.0800 e. The quantitative estimate of drug-likeness (QED) is 0.544. The Hall–Kier alpha value is 0.467. The normalized spacial score (nSPS) is 17.5. The molecule has 0 amide bonds. The first-order valence-corrected chi connectivity index (χ1v) is 8.73. The van der Waals surface area contributed by atoms with Crippen LogP contribution in [-0.2, 0) is 0 Å². The highest BCUT2D eigenvalue weighted by Crippen LogP contribution is 2.19. The third-order valence-electron chi connectivity index (χ3n) is 2.06. The summed E-state index contributed by atoms with van der Waals surface area (Å²) in [4.78, 5) is 0. The second-order valence-corrected chi connectivity index (χ2v) is 10.4. The molecular formula is C9H21ClOSi. The summed E-state index contributed by atoms with van der Waals surface area (Å²) >= 11 is 6.08. The predicted octanol–water partition coefficient (Wildman–Crippen LogP) is 3.02. The Kier molecular flexibility index (Phi) is 5.46. The van der Waals surface area contributed by atoms with E-state index in [9.17, 15) is 5.11 Å². The average Bonchev–Trinajstić information content (AvgIpc) is 1.97. The lowest BCUT2D eigenvalue weighted by Gasteiger charge is -2.27. The van der Waals surface area contributed by atoms with Crippen molar-refractivity contribution >= 4 is 19.7 Å². The summed E-state index contributed by atoms with van der Waals surface area (Å²) in [5.74, 6) is 0. The largest absolute Gasteiger partial charge is 0.395 e. The number of unbranched alkanes of at least 4 members (excludes halogenated alkanes) is 1. The molecule has 0 aliphatic heterocycles. The zero-order valence-electron chi connectivity index (χ0n) is 8.60. The molecule has 0 spiro atoms.